The van der Waals surface area contributed by atoms with Gasteiger partial charge in [0.1, 0.15) is 0 Å². The Hall–Kier alpha value is -0.317. The SMILES string of the molecule is O=C(O)CN(CCN(CC(=O)O)CC(=O)O)CC(=O)O.[BiH3].[NaH]. The summed E-state index contributed by atoms with van der Waals surface area (Å²) in [5.41, 5.74) is 0. The molecule has 0 heterocycles. The van der Waals surface area contributed by atoms with E-state index in [0.717, 1.165) is 9.80 Å². The molecular weight excluding hydrogens is 508 g/mol. The predicted octanol–water partition coefficient (Wildman–Crippen LogP) is -3.90. The molecular formula is C10H20BiN2NaO8. The molecule has 4 N–H and O–H groups in total. The Morgan fingerprint density at radius 1 is 0.591 bits per heavy atom. The van der Waals surface area contributed by atoms with E-state index in [-0.39, 0.29) is 68.9 Å². The molecule has 0 radical (unpaired) electrons. The Labute approximate surface area is 167 Å². The van der Waals surface area contributed by atoms with Crippen LogP contribution in [0.4, 0.5) is 0 Å². The molecule has 0 aliphatic rings. The Morgan fingerprint density at radius 2 is 0.773 bits per heavy atom. The molecule has 0 saturated carbocycles. The van der Waals surface area contributed by atoms with Crippen molar-refractivity contribution in [1.82, 2.24) is 9.80 Å². The van der Waals surface area contributed by atoms with Gasteiger partial charge in [-0.15, -0.1) is 0 Å². The standard InChI is InChI=1S/C10H16N2O8.Bi.Na.4H/c13-7(14)3-11(4-8(15)16)1-2-12(5-9(17)18)6-10(19)20;;;;;;/h1-6H2,(H,13,14)(H,15,16)(H,17,18)(H,19,20);;;;;;. The van der Waals surface area contributed by atoms with Crippen molar-refractivity contribution in [3.8, 4) is 0 Å². The van der Waals surface area contributed by atoms with E-state index in [4.69, 9.17) is 20.4 Å². The second kappa shape index (κ2) is 14.3. The van der Waals surface area contributed by atoms with Gasteiger partial charge in [0.25, 0.3) is 0 Å². The number of carboxylic acids is 4. The van der Waals surface area contributed by atoms with Crippen LogP contribution < -0.4 is 0 Å². The number of carbonyl (C=O) groups is 4. The summed E-state index contributed by atoms with van der Waals surface area (Å²) in [4.78, 5) is 44.4. The fraction of sp³-hybridized carbons (Fsp3) is 0.600. The molecule has 0 bridgehead atoms. The number of rotatable bonds is 11. The van der Waals surface area contributed by atoms with Crippen LogP contribution in [0.5, 0.6) is 0 Å². The van der Waals surface area contributed by atoms with Crippen molar-refractivity contribution in [2.24, 2.45) is 0 Å². The fourth-order valence-corrected chi connectivity index (χ4v) is 1.48. The van der Waals surface area contributed by atoms with Crippen LogP contribution >= 0.6 is 0 Å². The first-order valence-electron chi connectivity index (χ1n) is 5.52. The van der Waals surface area contributed by atoms with Crippen molar-refractivity contribution < 1.29 is 39.6 Å². The molecule has 0 fully saturated rings. The third-order valence-electron chi connectivity index (χ3n) is 2.17. The molecule has 12 heteroatoms. The monoisotopic (exact) mass is 528 g/mol. The summed E-state index contributed by atoms with van der Waals surface area (Å²) >= 11 is 0. The van der Waals surface area contributed by atoms with Gasteiger partial charge < -0.3 is 20.4 Å². The van der Waals surface area contributed by atoms with Crippen molar-refractivity contribution in [2.75, 3.05) is 39.3 Å². The summed E-state index contributed by atoms with van der Waals surface area (Å²) in [5.74, 6) is -4.91. The van der Waals surface area contributed by atoms with Gasteiger partial charge >= 0.3 is 79.6 Å². The fourth-order valence-electron chi connectivity index (χ4n) is 1.48. The van der Waals surface area contributed by atoms with Crippen LogP contribution in [0.3, 0.4) is 0 Å². The van der Waals surface area contributed by atoms with E-state index in [1.807, 2.05) is 0 Å². The minimum absolute atomic E-state index is 0. The molecule has 0 aliphatic heterocycles. The summed E-state index contributed by atoms with van der Waals surface area (Å²) in [6.45, 7) is -2.25. The molecule has 0 spiro atoms. The van der Waals surface area contributed by atoms with Crippen molar-refractivity contribution >= 4 is 79.6 Å². The summed E-state index contributed by atoms with van der Waals surface area (Å²) in [6, 6.07) is 0. The van der Waals surface area contributed by atoms with E-state index in [2.05, 4.69) is 0 Å². The van der Waals surface area contributed by atoms with Crippen molar-refractivity contribution in [3.63, 3.8) is 0 Å². The quantitative estimate of drug-likeness (QED) is 0.196. The molecule has 124 valence electrons. The molecule has 0 aromatic rings. The Morgan fingerprint density at radius 3 is 0.909 bits per heavy atom. The second-order valence-corrected chi connectivity index (χ2v) is 4.00. The molecule has 0 amide bonds. The van der Waals surface area contributed by atoms with Gasteiger partial charge in [-0.1, -0.05) is 0 Å². The number of aliphatic carboxylic acids is 4. The molecule has 0 aliphatic carbocycles. The van der Waals surface area contributed by atoms with E-state index < -0.39 is 50.1 Å². The van der Waals surface area contributed by atoms with Gasteiger partial charge in [-0.05, 0) is 0 Å². The summed E-state index contributed by atoms with van der Waals surface area (Å²) in [5, 5.41) is 34.5. The van der Waals surface area contributed by atoms with E-state index in [0.29, 0.717) is 0 Å². The van der Waals surface area contributed by atoms with Crippen molar-refractivity contribution in [1.29, 1.82) is 0 Å². The Bertz CT molecular complexity index is 327. The molecule has 0 unspecified atom stereocenters. The predicted molar refractivity (Wildman–Crippen MR) is 80.5 cm³/mol. The Balaban J connectivity index is -0.00000180. The van der Waals surface area contributed by atoms with Gasteiger partial charge in [-0.3, -0.25) is 29.0 Å². The number of hydrogen-bond donors (Lipinski definition) is 4. The Kier molecular flexibility index (Phi) is 17.3. The molecule has 0 atom stereocenters. The first-order valence-corrected chi connectivity index (χ1v) is 5.52. The van der Waals surface area contributed by atoms with Gasteiger partial charge in [0.05, 0.1) is 26.2 Å². The molecule has 22 heavy (non-hydrogen) atoms. The van der Waals surface area contributed by atoms with Crippen LogP contribution in [-0.4, -0.2) is 149 Å². The minimum atomic E-state index is -1.23. The second-order valence-electron chi connectivity index (χ2n) is 4.00. The van der Waals surface area contributed by atoms with Crippen LogP contribution in [0.1, 0.15) is 0 Å². The van der Waals surface area contributed by atoms with Crippen molar-refractivity contribution in [2.45, 2.75) is 0 Å². The average molecular weight is 528 g/mol. The summed E-state index contributed by atoms with van der Waals surface area (Å²) < 4.78 is 0. The average Bonchev–Trinajstić information content (AvgIpc) is 2.22. The maximum absolute atomic E-state index is 10.6. The van der Waals surface area contributed by atoms with Crippen molar-refractivity contribution in [3.05, 3.63) is 0 Å². The van der Waals surface area contributed by atoms with Gasteiger partial charge in [0.15, 0.2) is 0 Å². The van der Waals surface area contributed by atoms with Crippen LogP contribution in [0.2, 0.25) is 0 Å². The van der Waals surface area contributed by atoms with Gasteiger partial charge in [0, 0.05) is 13.1 Å². The summed E-state index contributed by atoms with van der Waals surface area (Å²) in [7, 11) is 0. The van der Waals surface area contributed by atoms with E-state index in [1.165, 1.54) is 0 Å². The normalized spacial score (nSPS) is 9.73. The molecule has 0 saturated heterocycles. The topological polar surface area (TPSA) is 156 Å². The van der Waals surface area contributed by atoms with E-state index in [1.54, 1.807) is 0 Å². The summed E-state index contributed by atoms with van der Waals surface area (Å²) in [6.07, 6.45) is 0. The number of nitrogens with zero attached hydrogens (tertiary/aromatic N) is 2. The number of hydrogen-bond acceptors (Lipinski definition) is 6. The number of carboxylic acid groups (broad SMARTS) is 4. The first-order chi connectivity index (χ1) is 9.20. The van der Waals surface area contributed by atoms with E-state index in [9.17, 15) is 19.2 Å². The molecule has 0 rings (SSSR count). The maximum atomic E-state index is 10.6. The van der Waals surface area contributed by atoms with Crippen LogP contribution in [0, 0.1) is 0 Å². The van der Waals surface area contributed by atoms with Crippen LogP contribution in [-0.2, 0) is 19.2 Å². The van der Waals surface area contributed by atoms with Crippen LogP contribution in [0.15, 0.2) is 0 Å². The zero-order valence-corrected chi connectivity index (χ0v) is 16.8. The van der Waals surface area contributed by atoms with Gasteiger partial charge in [0.2, 0.25) is 0 Å². The van der Waals surface area contributed by atoms with Crippen LogP contribution in [0.25, 0.3) is 0 Å². The zero-order chi connectivity index (χ0) is 15.7. The molecule has 0 aromatic carbocycles. The molecule has 0 aromatic heterocycles. The van der Waals surface area contributed by atoms with Gasteiger partial charge in [-0.2, -0.15) is 0 Å². The van der Waals surface area contributed by atoms with Gasteiger partial charge in [-0.25, -0.2) is 0 Å². The van der Waals surface area contributed by atoms with E-state index >= 15 is 0 Å². The third kappa shape index (κ3) is 16.1. The molecule has 10 nitrogen and oxygen atoms in total. The third-order valence-corrected chi connectivity index (χ3v) is 2.17. The first kappa shape index (κ1) is 26.6. The zero-order valence-electron chi connectivity index (χ0n) is 11.3.